The molecule has 0 aromatic heterocycles. The van der Waals surface area contributed by atoms with E-state index in [9.17, 15) is 12.8 Å². The van der Waals surface area contributed by atoms with E-state index in [2.05, 4.69) is 4.72 Å². The summed E-state index contributed by atoms with van der Waals surface area (Å²) in [6.07, 6.45) is 3.95. The van der Waals surface area contributed by atoms with Gasteiger partial charge in [-0.1, -0.05) is 25.0 Å². The number of hydrogen-bond donors (Lipinski definition) is 2. The molecule has 0 amide bonds. The molecule has 21 heavy (non-hydrogen) atoms. The summed E-state index contributed by atoms with van der Waals surface area (Å²) in [5.74, 6) is -0.275. The first-order chi connectivity index (χ1) is 9.50. The van der Waals surface area contributed by atoms with E-state index in [1.165, 1.54) is 24.3 Å². The summed E-state index contributed by atoms with van der Waals surface area (Å²) >= 11 is 0. The van der Waals surface area contributed by atoms with Gasteiger partial charge in [0.05, 0.1) is 5.75 Å². The molecule has 0 aliphatic heterocycles. The SMILES string of the molecule is Cl.NCC1CCCCC1NS(=O)(=O)Cc1ccc(F)cc1. The highest BCUT2D eigenvalue weighted by molar-refractivity contribution is 7.88. The van der Waals surface area contributed by atoms with Crippen molar-refractivity contribution < 1.29 is 12.8 Å². The molecule has 1 saturated carbocycles. The maximum Gasteiger partial charge on any atom is 0.216 e. The Balaban J connectivity index is 0.00000220. The fourth-order valence-electron chi connectivity index (χ4n) is 2.72. The molecule has 7 heteroatoms. The molecule has 2 unspecified atom stereocenters. The normalized spacial score (nSPS) is 22.6. The third-order valence-electron chi connectivity index (χ3n) is 3.81. The summed E-state index contributed by atoms with van der Waals surface area (Å²) in [5.41, 5.74) is 6.29. The third kappa shape index (κ3) is 5.54. The minimum Gasteiger partial charge on any atom is -0.330 e. The van der Waals surface area contributed by atoms with Gasteiger partial charge in [-0.15, -0.1) is 12.4 Å². The van der Waals surface area contributed by atoms with Gasteiger partial charge in [-0.2, -0.15) is 0 Å². The Hall–Kier alpha value is -0.690. The number of halogens is 2. The van der Waals surface area contributed by atoms with Crippen LogP contribution in [0.2, 0.25) is 0 Å². The van der Waals surface area contributed by atoms with E-state index in [0.29, 0.717) is 12.1 Å². The van der Waals surface area contributed by atoms with Crippen molar-refractivity contribution in [3.05, 3.63) is 35.6 Å². The van der Waals surface area contributed by atoms with E-state index in [1.54, 1.807) is 0 Å². The second kappa shape index (κ2) is 8.08. The largest absolute Gasteiger partial charge is 0.330 e. The Morgan fingerprint density at radius 3 is 2.43 bits per heavy atom. The molecular formula is C14H22ClFN2O2S. The molecule has 2 atom stereocenters. The highest BCUT2D eigenvalue weighted by Gasteiger charge is 2.27. The van der Waals surface area contributed by atoms with Gasteiger partial charge >= 0.3 is 0 Å². The van der Waals surface area contributed by atoms with Crippen molar-refractivity contribution in [1.82, 2.24) is 4.72 Å². The monoisotopic (exact) mass is 336 g/mol. The van der Waals surface area contributed by atoms with Crippen LogP contribution in [0.5, 0.6) is 0 Å². The number of benzene rings is 1. The Morgan fingerprint density at radius 2 is 1.81 bits per heavy atom. The van der Waals surface area contributed by atoms with Crippen LogP contribution < -0.4 is 10.5 Å². The van der Waals surface area contributed by atoms with Gasteiger partial charge in [-0.25, -0.2) is 17.5 Å². The van der Waals surface area contributed by atoms with Gasteiger partial charge in [0.15, 0.2) is 0 Å². The Labute approximate surface area is 131 Å². The van der Waals surface area contributed by atoms with Gasteiger partial charge in [-0.3, -0.25) is 0 Å². The van der Waals surface area contributed by atoms with E-state index in [4.69, 9.17) is 5.73 Å². The fraction of sp³-hybridized carbons (Fsp3) is 0.571. The second-order valence-corrected chi connectivity index (χ2v) is 7.14. The van der Waals surface area contributed by atoms with E-state index in [1.807, 2.05) is 0 Å². The molecule has 0 radical (unpaired) electrons. The lowest BCUT2D eigenvalue weighted by Crippen LogP contribution is -2.45. The minimum absolute atomic E-state index is 0. The summed E-state index contributed by atoms with van der Waals surface area (Å²) in [5, 5.41) is 0. The molecule has 1 aliphatic carbocycles. The average Bonchev–Trinajstić information content (AvgIpc) is 2.41. The van der Waals surface area contributed by atoms with Gasteiger partial charge < -0.3 is 5.73 Å². The standard InChI is InChI=1S/C14H21FN2O2S.ClH/c15-13-7-5-11(6-8-13)10-20(18,19)17-14-4-2-1-3-12(14)9-16;/h5-8,12,14,17H,1-4,9-10,16H2;1H. The molecule has 4 nitrogen and oxygen atoms in total. The fourth-order valence-corrected chi connectivity index (χ4v) is 4.20. The molecule has 1 aromatic carbocycles. The summed E-state index contributed by atoms with van der Waals surface area (Å²) in [6, 6.07) is 5.47. The highest BCUT2D eigenvalue weighted by atomic mass is 35.5. The summed E-state index contributed by atoms with van der Waals surface area (Å²) in [4.78, 5) is 0. The van der Waals surface area contributed by atoms with Crippen molar-refractivity contribution in [3.8, 4) is 0 Å². The molecule has 1 fully saturated rings. The number of nitrogens with two attached hydrogens (primary N) is 1. The number of hydrogen-bond acceptors (Lipinski definition) is 3. The van der Waals surface area contributed by atoms with Gasteiger partial charge in [0, 0.05) is 6.04 Å². The minimum atomic E-state index is -3.42. The Morgan fingerprint density at radius 1 is 1.19 bits per heavy atom. The Kier molecular flexibility index (Phi) is 7.06. The van der Waals surface area contributed by atoms with Crippen LogP contribution >= 0.6 is 12.4 Å². The van der Waals surface area contributed by atoms with Gasteiger partial charge in [-0.05, 0) is 43.0 Å². The molecule has 3 N–H and O–H groups in total. The number of nitrogens with one attached hydrogen (secondary N) is 1. The van der Waals surface area contributed by atoms with E-state index >= 15 is 0 Å². The summed E-state index contributed by atoms with van der Waals surface area (Å²) in [7, 11) is -3.42. The number of rotatable bonds is 5. The smallest absolute Gasteiger partial charge is 0.216 e. The predicted octanol–water partition coefficient (Wildman–Crippen LogP) is 2.18. The van der Waals surface area contributed by atoms with E-state index in [-0.39, 0.29) is 35.9 Å². The van der Waals surface area contributed by atoms with E-state index < -0.39 is 10.0 Å². The van der Waals surface area contributed by atoms with Crippen molar-refractivity contribution in [2.75, 3.05) is 6.54 Å². The van der Waals surface area contributed by atoms with Crippen LogP contribution in [0.1, 0.15) is 31.2 Å². The first-order valence-corrected chi connectivity index (χ1v) is 8.60. The zero-order valence-electron chi connectivity index (χ0n) is 11.8. The third-order valence-corrected chi connectivity index (χ3v) is 5.19. The van der Waals surface area contributed by atoms with Crippen LogP contribution in [0.3, 0.4) is 0 Å². The molecule has 0 heterocycles. The van der Waals surface area contributed by atoms with Gasteiger partial charge in [0.1, 0.15) is 5.82 Å². The lowest BCUT2D eigenvalue weighted by atomic mass is 9.85. The van der Waals surface area contributed by atoms with Crippen molar-refractivity contribution in [2.24, 2.45) is 11.7 Å². The van der Waals surface area contributed by atoms with Crippen molar-refractivity contribution in [2.45, 2.75) is 37.5 Å². The van der Waals surface area contributed by atoms with Crippen LogP contribution in [0, 0.1) is 11.7 Å². The second-order valence-electron chi connectivity index (χ2n) is 5.39. The molecule has 0 spiro atoms. The number of sulfonamides is 1. The van der Waals surface area contributed by atoms with Gasteiger partial charge in [0.25, 0.3) is 0 Å². The molecular weight excluding hydrogens is 315 g/mol. The maximum absolute atomic E-state index is 12.8. The van der Waals surface area contributed by atoms with E-state index in [0.717, 1.165) is 25.7 Å². The topological polar surface area (TPSA) is 72.2 Å². The molecule has 1 aliphatic rings. The maximum atomic E-state index is 12.8. The van der Waals surface area contributed by atoms with Gasteiger partial charge in [0.2, 0.25) is 10.0 Å². The highest BCUT2D eigenvalue weighted by Crippen LogP contribution is 2.24. The Bertz CT molecular complexity index is 536. The zero-order valence-corrected chi connectivity index (χ0v) is 13.4. The summed E-state index contributed by atoms with van der Waals surface area (Å²) < 4.78 is 39.9. The molecule has 2 rings (SSSR count). The van der Waals surface area contributed by atoms with Crippen molar-refractivity contribution in [3.63, 3.8) is 0 Å². The molecule has 1 aromatic rings. The first-order valence-electron chi connectivity index (χ1n) is 6.95. The van der Waals surface area contributed by atoms with Crippen LogP contribution in [0.25, 0.3) is 0 Å². The first kappa shape index (κ1) is 18.4. The predicted molar refractivity (Wildman–Crippen MR) is 84.2 cm³/mol. The van der Waals surface area contributed by atoms with Crippen LogP contribution in [-0.4, -0.2) is 21.0 Å². The lowest BCUT2D eigenvalue weighted by Gasteiger charge is -2.31. The van der Waals surface area contributed by atoms with Crippen LogP contribution in [0.15, 0.2) is 24.3 Å². The molecule has 0 bridgehead atoms. The average molecular weight is 337 g/mol. The molecule has 120 valence electrons. The lowest BCUT2D eigenvalue weighted by molar-refractivity contribution is 0.296. The summed E-state index contributed by atoms with van der Waals surface area (Å²) in [6.45, 7) is 0.504. The van der Waals surface area contributed by atoms with Crippen LogP contribution in [0.4, 0.5) is 4.39 Å². The quantitative estimate of drug-likeness (QED) is 0.865. The van der Waals surface area contributed by atoms with Crippen molar-refractivity contribution in [1.29, 1.82) is 0 Å². The van der Waals surface area contributed by atoms with Crippen LogP contribution in [-0.2, 0) is 15.8 Å². The zero-order chi connectivity index (χ0) is 14.6. The van der Waals surface area contributed by atoms with Crippen molar-refractivity contribution >= 4 is 22.4 Å². The molecule has 0 saturated heterocycles.